The Kier molecular flexibility index (Phi) is 7.17. The van der Waals surface area contributed by atoms with E-state index in [2.05, 4.69) is 61.4 Å². The molecule has 0 unspecified atom stereocenters. The molecule has 0 radical (unpaired) electrons. The Bertz CT molecular complexity index is 1240. The van der Waals surface area contributed by atoms with Crippen molar-refractivity contribution in [1.82, 2.24) is 15.5 Å². The van der Waals surface area contributed by atoms with Crippen molar-refractivity contribution < 1.29 is 13.5 Å². The number of hydrogen-bond donors (Lipinski definition) is 3. The molecule has 1 saturated heterocycles. The maximum Gasteiger partial charge on any atom is 0.152 e. The summed E-state index contributed by atoms with van der Waals surface area (Å²) < 4.78 is 25.5. The Morgan fingerprint density at radius 3 is 2.65 bits per heavy atom. The smallest absolute Gasteiger partial charge is 0.152 e. The number of aromatic nitrogens is 2. The molecule has 184 valence electrons. The van der Waals surface area contributed by atoms with Gasteiger partial charge in [0.05, 0.1) is 23.1 Å². The largest absolute Gasteiger partial charge is 0.391 e. The fraction of sp³-hybridized carbons (Fsp3) is 0.519. The molecule has 1 aliphatic rings. The number of aliphatic hydroxyl groups excluding tert-OH is 1. The minimum Gasteiger partial charge on any atom is -0.391 e. The molecule has 6 nitrogen and oxygen atoms in total. The van der Waals surface area contributed by atoms with Crippen molar-refractivity contribution in [3.8, 4) is 0 Å². The van der Waals surface area contributed by atoms with E-state index in [9.17, 15) is 13.5 Å². The first-order valence-electron chi connectivity index (χ1n) is 12.2. The number of sulfone groups is 1. The third kappa shape index (κ3) is 5.70. The molecule has 34 heavy (non-hydrogen) atoms. The molecule has 1 fully saturated rings. The number of fused-ring (bicyclic) bond motifs is 1. The Hall–Kier alpha value is -2.22. The SMILES string of the molecule is CCCc1[nH]nc2ccc(C[C@@H]3CS(=O)(=O)C[C@H](NCc4cccc(C(C)(C)C)c4)[C@H]3O)cc12. The minimum absolute atomic E-state index is 0.0110. The van der Waals surface area contributed by atoms with Crippen molar-refractivity contribution >= 4 is 20.7 Å². The third-order valence-corrected chi connectivity index (χ3v) is 8.66. The van der Waals surface area contributed by atoms with Crippen LogP contribution < -0.4 is 5.32 Å². The minimum atomic E-state index is -3.26. The molecule has 0 spiro atoms. The zero-order valence-electron chi connectivity index (χ0n) is 20.6. The standard InChI is InChI=1S/C27H37N3O3S/c1-5-7-23-22-14-18(10-11-24(22)30-29-23)12-20-16-34(32,33)17-25(26(20)31)28-15-19-8-6-9-21(13-19)27(2,3)4/h6,8-11,13-14,20,25-26,28,31H,5,7,12,15-17H2,1-4H3,(H,29,30)/t20-,25+,26+/m1/s1. The van der Waals surface area contributed by atoms with E-state index in [0.717, 1.165) is 40.6 Å². The molecule has 3 N–H and O–H groups in total. The maximum absolute atomic E-state index is 12.7. The van der Waals surface area contributed by atoms with Gasteiger partial charge in [-0.15, -0.1) is 0 Å². The highest BCUT2D eigenvalue weighted by molar-refractivity contribution is 7.91. The number of benzene rings is 2. The van der Waals surface area contributed by atoms with E-state index < -0.39 is 22.0 Å². The number of H-pyrrole nitrogens is 1. The topological polar surface area (TPSA) is 95.1 Å². The quantitative estimate of drug-likeness (QED) is 0.473. The predicted molar refractivity (Wildman–Crippen MR) is 138 cm³/mol. The van der Waals surface area contributed by atoms with Gasteiger partial charge in [-0.1, -0.05) is 64.4 Å². The van der Waals surface area contributed by atoms with Gasteiger partial charge in [0.25, 0.3) is 0 Å². The highest BCUT2D eigenvalue weighted by Crippen LogP contribution is 2.27. The lowest BCUT2D eigenvalue weighted by Crippen LogP contribution is -2.54. The Morgan fingerprint density at radius 1 is 1.12 bits per heavy atom. The molecule has 7 heteroatoms. The molecule has 1 aromatic heterocycles. The summed E-state index contributed by atoms with van der Waals surface area (Å²) >= 11 is 0. The van der Waals surface area contributed by atoms with Gasteiger partial charge in [0.15, 0.2) is 9.84 Å². The molecule has 0 saturated carbocycles. The molecule has 0 bridgehead atoms. The fourth-order valence-electron chi connectivity index (χ4n) is 4.93. The molecule has 2 aromatic carbocycles. The van der Waals surface area contributed by atoms with Crippen LogP contribution in [0.3, 0.4) is 0 Å². The van der Waals surface area contributed by atoms with E-state index in [1.54, 1.807) is 0 Å². The second-order valence-corrected chi connectivity index (χ2v) is 12.9. The van der Waals surface area contributed by atoms with E-state index >= 15 is 0 Å². The Balaban J connectivity index is 1.49. The van der Waals surface area contributed by atoms with Gasteiger partial charge in [0.1, 0.15) is 0 Å². The monoisotopic (exact) mass is 483 g/mol. The van der Waals surface area contributed by atoms with E-state index in [1.165, 1.54) is 5.56 Å². The summed E-state index contributed by atoms with van der Waals surface area (Å²) in [6.07, 6.45) is 1.73. The van der Waals surface area contributed by atoms with Crippen molar-refractivity contribution in [2.24, 2.45) is 5.92 Å². The second-order valence-electron chi connectivity index (χ2n) is 10.8. The number of aryl methyl sites for hydroxylation is 1. The summed E-state index contributed by atoms with van der Waals surface area (Å²) in [6.45, 7) is 9.18. The summed E-state index contributed by atoms with van der Waals surface area (Å²) in [5.41, 5.74) is 5.42. The van der Waals surface area contributed by atoms with E-state index in [4.69, 9.17) is 0 Å². The summed E-state index contributed by atoms with van der Waals surface area (Å²) in [5.74, 6) is -0.376. The van der Waals surface area contributed by atoms with E-state index in [0.29, 0.717) is 13.0 Å². The molecule has 3 aromatic rings. The van der Waals surface area contributed by atoms with Gasteiger partial charge in [-0.25, -0.2) is 8.42 Å². The molecule has 2 heterocycles. The molecule has 3 atom stereocenters. The molecule has 1 aliphatic heterocycles. The fourth-order valence-corrected chi connectivity index (χ4v) is 6.90. The predicted octanol–water partition coefficient (Wildman–Crippen LogP) is 3.92. The van der Waals surface area contributed by atoms with Gasteiger partial charge in [-0.05, 0) is 47.1 Å². The Morgan fingerprint density at radius 2 is 1.91 bits per heavy atom. The van der Waals surface area contributed by atoms with Crippen LogP contribution in [0.5, 0.6) is 0 Å². The number of aliphatic hydroxyl groups is 1. The van der Waals surface area contributed by atoms with Crippen molar-refractivity contribution in [2.45, 2.75) is 71.1 Å². The van der Waals surface area contributed by atoms with Crippen LogP contribution in [0.15, 0.2) is 42.5 Å². The van der Waals surface area contributed by atoms with Gasteiger partial charge in [-0.2, -0.15) is 5.10 Å². The summed E-state index contributed by atoms with van der Waals surface area (Å²) in [5, 5.41) is 23.1. The van der Waals surface area contributed by atoms with Crippen molar-refractivity contribution in [1.29, 1.82) is 0 Å². The lowest BCUT2D eigenvalue weighted by Gasteiger charge is -2.35. The molecule has 4 rings (SSSR count). The van der Waals surface area contributed by atoms with Crippen LogP contribution in [0.25, 0.3) is 10.9 Å². The van der Waals surface area contributed by atoms with Crippen LogP contribution in [-0.4, -0.2) is 47.4 Å². The highest BCUT2D eigenvalue weighted by atomic mass is 32.2. The summed E-state index contributed by atoms with van der Waals surface area (Å²) in [6, 6.07) is 13.9. The summed E-state index contributed by atoms with van der Waals surface area (Å²) in [7, 11) is -3.26. The molecule has 0 aliphatic carbocycles. The van der Waals surface area contributed by atoms with Crippen LogP contribution in [0.2, 0.25) is 0 Å². The van der Waals surface area contributed by atoms with Gasteiger partial charge in [0, 0.05) is 29.6 Å². The first kappa shape index (κ1) is 24.9. The lowest BCUT2D eigenvalue weighted by atomic mass is 9.86. The van der Waals surface area contributed by atoms with Gasteiger partial charge >= 0.3 is 0 Å². The normalized spacial score (nSPS) is 22.8. The van der Waals surface area contributed by atoms with E-state index in [-0.39, 0.29) is 22.8 Å². The first-order valence-corrected chi connectivity index (χ1v) is 14.0. The highest BCUT2D eigenvalue weighted by Gasteiger charge is 2.39. The van der Waals surface area contributed by atoms with Crippen LogP contribution in [0, 0.1) is 5.92 Å². The van der Waals surface area contributed by atoms with Crippen LogP contribution in [0.1, 0.15) is 56.5 Å². The van der Waals surface area contributed by atoms with Crippen LogP contribution in [0.4, 0.5) is 0 Å². The molecule has 0 amide bonds. The van der Waals surface area contributed by atoms with Crippen LogP contribution >= 0.6 is 0 Å². The average molecular weight is 484 g/mol. The molecular formula is C27H37N3O3S. The molecular weight excluding hydrogens is 446 g/mol. The zero-order chi connectivity index (χ0) is 24.5. The summed E-state index contributed by atoms with van der Waals surface area (Å²) in [4.78, 5) is 0. The average Bonchev–Trinajstić information content (AvgIpc) is 3.17. The van der Waals surface area contributed by atoms with E-state index in [1.807, 2.05) is 24.3 Å². The number of nitrogens with one attached hydrogen (secondary N) is 2. The number of aromatic amines is 1. The Labute approximate surface area is 203 Å². The van der Waals surface area contributed by atoms with Crippen molar-refractivity contribution in [3.05, 3.63) is 64.8 Å². The van der Waals surface area contributed by atoms with Gasteiger partial charge < -0.3 is 10.4 Å². The van der Waals surface area contributed by atoms with Crippen molar-refractivity contribution in [2.75, 3.05) is 11.5 Å². The van der Waals surface area contributed by atoms with Gasteiger partial charge in [0.2, 0.25) is 0 Å². The lowest BCUT2D eigenvalue weighted by molar-refractivity contribution is 0.0781. The zero-order valence-corrected chi connectivity index (χ0v) is 21.5. The number of hydrogen-bond acceptors (Lipinski definition) is 5. The maximum atomic E-state index is 12.7. The second kappa shape index (κ2) is 9.80. The van der Waals surface area contributed by atoms with Crippen LogP contribution in [-0.2, 0) is 34.6 Å². The number of nitrogens with zero attached hydrogens (tertiary/aromatic N) is 1. The number of rotatable bonds is 7. The van der Waals surface area contributed by atoms with Gasteiger partial charge in [-0.3, -0.25) is 5.10 Å². The van der Waals surface area contributed by atoms with Crippen molar-refractivity contribution in [3.63, 3.8) is 0 Å². The third-order valence-electron chi connectivity index (χ3n) is 6.85. The first-order chi connectivity index (χ1) is 16.1.